The average Bonchev–Trinajstić information content (AvgIpc) is 2.77. The number of aryl methyl sites for hydroxylation is 2. The van der Waals surface area contributed by atoms with E-state index in [2.05, 4.69) is 4.98 Å². The molecule has 0 fully saturated rings. The topological polar surface area (TPSA) is 133 Å². The number of hydrogen-bond donors (Lipinski definition) is 2. The molecule has 3 rings (SSSR count). The Morgan fingerprint density at radius 1 is 1.30 bits per heavy atom. The van der Waals surface area contributed by atoms with E-state index in [1.165, 1.54) is 6.92 Å². The number of hydrogen-bond acceptors (Lipinski definition) is 7. The molecule has 0 aliphatic carbocycles. The summed E-state index contributed by atoms with van der Waals surface area (Å²) in [6, 6.07) is -1.03. The summed E-state index contributed by atoms with van der Waals surface area (Å²) in [7, 11) is 0. The zero-order valence-electron chi connectivity index (χ0n) is 15.0. The second kappa shape index (κ2) is 7.47. The molecule has 27 heavy (non-hydrogen) atoms. The van der Waals surface area contributed by atoms with Gasteiger partial charge < -0.3 is 10.5 Å². The molecular formula is C17H20N4O5S. The highest BCUT2D eigenvalue weighted by molar-refractivity contribution is 7.20. The number of ether oxygens (including phenoxy) is 1. The van der Waals surface area contributed by atoms with E-state index >= 15 is 0 Å². The highest BCUT2D eigenvalue weighted by atomic mass is 32.1. The van der Waals surface area contributed by atoms with Crippen LogP contribution in [-0.2, 0) is 22.5 Å². The van der Waals surface area contributed by atoms with Crippen LogP contribution in [0.4, 0.5) is 4.79 Å². The first kappa shape index (κ1) is 19.0. The minimum absolute atomic E-state index is 0.149. The summed E-state index contributed by atoms with van der Waals surface area (Å²) in [5.41, 5.74) is 5.22. The summed E-state index contributed by atoms with van der Waals surface area (Å²) >= 11 is 1.07. The molecule has 0 saturated heterocycles. The van der Waals surface area contributed by atoms with Crippen molar-refractivity contribution >= 4 is 39.5 Å². The number of nitrogens with zero attached hydrogens (tertiary/aromatic N) is 2. The number of nitrogens with two attached hydrogens (primary N) is 1. The molecule has 0 bridgehead atoms. The van der Waals surface area contributed by atoms with Crippen LogP contribution >= 0.6 is 11.3 Å². The summed E-state index contributed by atoms with van der Waals surface area (Å²) in [4.78, 5) is 53.1. The molecule has 144 valence electrons. The van der Waals surface area contributed by atoms with Crippen molar-refractivity contribution in [3.8, 4) is 0 Å². The third-order valence-electron chi connectivity index (χ3n) is 4.50. The number of amides is 3. The quantitative estimate of drug-likeness (QED) is 0.755. The first-order valence-electron chi connectivity index (χ1n) is 8.63. The van der Waals surface area contributed by atoms with Crippen LogP contribution in [0.2, 0.25) is 0 Å². The number of carbonyl (C=O) groups excluding carboxylic acids is 3. The Balaban J connectivity index is 1.94. The van der Waals surface area contributed by atoms with Crippen LogP contribution in [0.1, 0.15) is 47.2 Å². The fourth-order valence-electron chi connectivity index (χ4n) is 3.10. The van der Waals surface area contributed by atoms with Gasteiger partial charge in [-0.25, -0.2) is 14.6 Å². The van der Waals surface area contributed by atoms with Crippen molar-refractivity contribution in [2.24, 2.45) is 5.73 Å². The van der Waals surface area contributed by atoms with Gasteiger partial charge in [0.25, 0.3) is 11.5 Å². The van der Waals surface area contributed by atoms with Gasteiger partial charge in [0.15, 0.2) is 6.10 Å². The molecule has 2 aromatic heterocycles. The summed E-state index contributed by atoms with van der Waals surface area (Å²) in [5, 5.41) is 2.26. The Hall–Kier alpha value is -2.75. The molecule has 9 nitrogen and oxygen atoms in total. The molecule has 0 radical (unpaired) electrons. The first-order valence-corrected chi connectivity index (χ1v) is 9.45. The number of thiophene rings is 1. The van der Waals surface area contributed by atoms with Crippen LogP contribution in [0, 0.1) is 6.92 Å². The molecule has 0 aromatic carbocycles. The van der Waals surface area contributed by atoms with E-state index in [1.807, 2.05) is 5.32 Å². The fraction of sp³-hybridized carbons (Fsp3) is 0.471. The Morgan fingerprint density at radius 3 is 2.74 bits per heavy atom. The van der Waals surface area contributed by atoms with E-state index < -0.39 is 24.0 Å². The minimum Gasteiger partial charge on any atom is -0.448 e. The molecule has 3 N–H and O–H groups in total. The Bertz CT molecular complexity index is 993. The van der Waals surface area contributed by atoms with Crippen LogP contribution in [0.15, 0.2) is 4.79 Å². The van der Waals surface area contributed by atoms with Gasteiger partial charge in [-0.1, -0.05) is 6.42 Å². The molecule has 3 amide bonds. The number of aromatic nitrogens is 2. The number of carbonyl (C=O) groups is 3. The number of rotatable bonds is 3. The van der Waals surface area contributed by atoms with Gasteiger partial charge in [0.2, 0.25) is 0 Å². The van der Waals surface area contributed by atoms with Gasteiger partial charge in [-0.3, -0.25) is 19.5 Å². The monoisotopic (exact) mass is 392 g/mol. The zero-order valence-corrected chi connectivity index (χ0v) is 15.9. The van der Waals surface area contributed by atoms with Crippen LogP contribution in [-0.4, -0.2) is 33.6 Å². The van der Waals surface area contributed by atoms with Gasteiger partial charge in [0.1, 0.15) is 15.5 Å². The second-order valence-corrected chi connectivity index (χ2v) is 7.43. The fourth-order valence-corrected chi connectivity index (χ4v) is 4.17. The van der Waals surface area contributed by atoms with Crippen molar-refractivity contribution in [3.63, 3.8) is 0 Å². The van der Waals surface area contributed by atoms with Gasteiger partial charge in [0, 0.05) is 13.0 Å². The van der Waals surface area contributed by atoms with Crippen LogP contribution in [0.3, 0.4) is 0 Å². The van der Waals surface area contributed by atoms with E-state index in [-0.39, 0.29) is 10.4 Å². The Labute approximate surface area is 158 Å². The highest BCUT2D eigenvalue weighted by Crippen LogP contribution is 2.29. The second-order valence-electron chi connectivity index (χ2n) is 6.43. The van der Waals surface area contributed by atoms with Gasteiger partial charge in [-0.15, -0.1) is 11.3 Å². The molecule has 0 spiro atoms. The number of nitrogens with one attached hydrogen (secondary N) is 1. The number of imide groups is 1. The van der Waals surface area contributed by atoms with Crippen molar-refractivity contribution in [3.05, 3.63) is 26.6 Å². The van der Waals surface area contributed by atoms with E-state index in [4.69, 9.17) is 10.5 Å². The largest absolute Gasteiger partial charge is 0.448 e. The zero-order chi connectivity index (χ0) is 19.7. The van der Waals surface area contributed by atoms with Crippen molar-refractivity contribution in [2.45, 2.75) is 52.2 Å². The highest BCUT2D eigenvalue weighted by Gasteiger charge is 2.26. The normalized spacial score (nSPS) is 14.9. The summed E-state index contributed by atoms with van der Waals surface area (Å²) in [6.45, 7) is 3.61. The molecule has 1 atom stereocenters. The molecule has 1 unspecified atom stereocenters. The molecule has 1 aliphatic rings. The lowest BCUT2D eigenvalue weighted by atomic mass is 10.2. The Morgan fingerprint density at radius 2 is 2.04 bits per heavy atom. The number of esters is 1. The van der Waals surface area contributed by atoms with Crippen molar-refractivity contribution in [1.82, 2.24) is 14.9 Å². The summed E-state index contributed by atoms with van der Waals surface area (Å²) < 4.78 is 6.80. The maximum Gasteiger partial charge on any atom is 0.349 e. The van der Waals surface area contributed by atoms with E-state index in [1.54, 1.807) is 11.5 Å². The molecule has 10 heteroatoms. The number of fused-ring (bicyclic) bond motifs is 2. The van der Waals surface area contributed by atoms with E-state index in [0.717, 1.165) is 42.8 Å². The van der Waals surface area contributed by atoms with E-state index in [0.29, 0.717) is 22.3 Å². The van der Waals surface area contributed by atoms with E-state index in [9.17, 15) is 19.2 Å². The average molecular weight is 392 g/mol. The molecular weight excluding hydrogens is 372 g/mol. The van der Waals surface area contributed by atoms with Crippen molar-refractivity contribution < 1.29 is 19.1 Å². The third kappa shape index (κ3) is 3.70. The Kier molecular flexibility index (Phi) is 5.26. The predicted molar refractivity (Wildman–Crippen MR) is 98.8 cm³/mol. The first-order chi connectivity index (χ1) is 12.8. The van der Waals surface area contributed by atoms with Crippen molar-refractivity contribution in [1.29, 1.82) is 0 Å². The minimum atomic E-state index is -1.21. The third-order valence-corrected chi connectivity index (χ3v) is 5.66. The van der Waals surface area contributed by atoms with Gasteiger partial charge in [0.05, 0.1) is 5.39 Å². The standard InChI is InChI=1S/C17H20N4O5S/c1-8-11-14(19-10-6-4-3-5-7-21(10)15(11)23)27-12(8)16(24)26-9(2)13(22)20-17(18)25/h9H,3-7H2,1-2H3,(H3,18,20,22,25). The maximum absolute atomic E-state index is 12.9. The lowest BCUT2D eigenvalue weighted by Crippen LogP contribution is -2.42. The summed E-state index contributed by atoms with van der Waals surface area (Å²) in [6.07, 6.45) is 2.47. The maximum atomic E-state index is 12.9. The van der Waals surface area contributed by atoms with Crippen LogP contribution < -0.4 is 16.6 Å². The van der Waals surface area contributed by atoms with Gasteiger partial charge >= 0.3 is 12.0 Å². The van der Waals surface area contributed by atoms with Gasteiger partial charge in [-0.05, 0) is 32.3 Å². The predicted octanol–water partition coefficient (Wildman–Crippen LogP) is 1.23. The smallest absolute Gasteiger partial charge is 0.349 e. The van der Waals surface area contributed by atoms with Gasteiger partial charge in [-0.2, -0.15) is 0 Å². The molecule has 2 aromatic rings. The molecule has 1 aliphatic heterocycles. The SMILES string of the molecule is Cc1c(C(=O)OC(C)C(=O)NC(N)=O)sc2nc3n(c(=O)c12)CCCCC3. The number of primary amides is 1. The van der Waals surface area contributed by atoms with Crippen LogP contribution in [0.5, 0.6) is 0 Å². The van der Waals surface area contributed by atoms with Crippen molar-refractivity contribution in [2.75, 3.05) is 0 Å². The summed E-state index contributed by atoms with van der Waals surface area (Å²) in [5.74, 6) is -0.831. The lowest BCUT2D eigenvalue weighted by Gasteiger charge is -2.11. The van der Waals surface area contributed by atoms with Crippen LogP contribution in [0.25, 0.3) is 10.2 Å². The molecule has 0 saturated carbocycles. The number of urea groups is 1. The lowest BCUT2D eigenvalue weighted by molar-refractivity contribution is -0.127. The molecule has 3 heterocycles.